The maximum atomic E-state index is 12.4. The molecule has 0 fully saturated rings. The van der Waals surface area contributed by atoms with Gasteiger partial charge in [0, 0.05) is 6.07 Å². The van der Waals surface area contributed by atoms with Crippen LogP contribution in [0.3, 0.4) is 0 Å². The summed E-state index contributed by atoms with van der Waals surface area (Å²) in [6.45, 7) is 2.45. The van der Waals surface area contributed by atoms with Crippen molar-refractivity contribution < 1.29 is 27.4 Å². The molecule has 0 saturated heterocycles. The second-order valence-corrected chi connectivity index (χ2v) is 7.40. The lowest BCUT2D eigenvalue weighted by Crippen LogP contribution is -2.38. The van der Waals surface area contributed by atoms with Crippen LogP contribution in [0.15, 0.2) is 53.4 Å². The van der Waals surface area contributed by atoms with E-state index in [-0.39, 0.29) is 11.5 Å². The maximum Gasteiger partial charge on any atom is 0.264 e. The van der Waals surface area contributed by atoms with Crippen LogP contribution in [0.25, 0.3) is 0 Å². The van der Waals surface area contributed by atoms with Gasteiger partial charge in [-0.3, -0.25) is 4.79 Å². The van der Waals surface area contributed by atoms with Crippen LogP contribution in [-0.4, -0.2) is 33.6 Å². The monoisotopic (exact) mass is 377 g/mol. The van der Waals surface area contributed by atoms with E-state index in [2.05, 4.69) is 0 Å². The van der Waals surface area contributed by atoms with E-state index in [4.69, 9.17) is 14.2 Å². The second kappa shape index (κ2) is 7.76. The molecule has 1 atom stereocenters. The lowest BCUT2D eigenvalue weighted by atomic mass is 10.2. The summed E-state index contributed by atoms with van der Waals surface area (Å²) in [5.74, 6) is 0.0665. The van der Waals surface area contributed by atoms with Crippen molar-refractivity contribution in [1.29, 1.82) is 0 Å². The highest BCUT2D eigenvalue weighted by atomic mass is 32.2. The molecule has 2 aromatic carbocycles. The summed E-state index contributed by atoms with van der Waals surface area (Å²) in [5, 5.41) is 0. The van der Waals surface area contributed by atoms with Crippen LogP contribution in [-0.2, 0) is 26.2 Å². The Morgan fingerprint density at radius 3 is 2.54 bits per heavy atom. The van der Waals surface area contributed by atoms with Gasteiger partial charge in [0.05, 0.1) is 11.5 Å². The fraction of sp³-hybridized carbons (Fsp3) is 0.278. The third kappa shape index (κ3) is 4.33. The fourth-order valence-corrected chi connectivity index (χ4v) is 3.39. The number of carbonyl (C=O) groups excluding carboxylic acids is 1. The molecule has 0 spiro atoms. The second-order valence-electron chi connectivity index (χ2n) is 5.71. The van der Waals surface area contributed by atoms with E-state index in [0.717, 1.165) is 5.56 Å². The minimum absolute atomic E-state index is 0.0784. The predicted octanol–water partition coefficient (Wildman–Crippen LogP) is 1.87. The molecule has 0 radical (unpaired) electrons. The van der Waals surface area contributed by atoms with Crippen LogP contribution in [0.5, 0.6) is 11.5 Å². The Morgan fingerprint density at radius 1 is 1.12 bits per heavy atom. The molecular formula is C18H19NO6S. The highest BCUT2D eigenvalue weighted by Gasteiger charge is 2.24. The summed E-state index contributed by atoms with van der Waals surface area (Å²) in [4.78, 5) is 12.1. The molecule has 3 rings (SSSR count). The number of hydrogen-bond donors (Lipinski definition) is 1. The van der Waals surface area contributed by atoms with Crippen molar-refractivity contribution in [3.05, 3.63) is 54.1 Å². The van der Waals surface area contributed by atoms with Gasteiger partial charge in [0.15, 0.2) is 11.5 Å². The molecule has 26 heavy (non-hydrogen) atoms. The van der Waals surface area contributed by atoms with Crippen molar-refractivity contribution in [3.8, 4) is 11.5 Å². The van der Waals surface area contributed by atoms with Gasteiger partial charge < -0.3 is 14.2 Å². The molecule has 0 saturated carbocycles. The molecular weight excluding hydrogens is 358 g/mol. The van der Waals surface area contributed by atoms with Gasteiger partial charge in [-0.1, -0.05) is 30.3 Å². The third-order valence-corrected chi connectivity index (χ3v) is 5.12. The Balaban J connectivity index is 1.63. The summed E-state index contributed by atoms with van der Waals surface area (Å²) in [5.41, 5.74) is 0.891. The van der Waals surface area contributed by atoms with E-state index < -0.39 is 22.0 Å². The maximum absolute atomic E-state index is 12.4. The Kier molecular flexibility index (Phi) is 5.43. The number of carbonyl (C=O) groups is 1. The van der Waals surface area contributed by atoms with Crippen LogP contribution in [0, 0.1) is 0 Å². The number of nitrogens with one attached hydrogen (secondary N) is 1. The lowest BCUT2D eigenvalue weighted by Gasteiger charge is -2.19. The van der Waals surface area contributed by atoms with Crippen LogP contribution in [0.1, 0.15) is 12.5 Å². The van der Waals surface area contributed by atoms with E-state index in [9.17, 15) is 13.2 Å². The van der Waals surface area contributed by atoms with Crippen molar-refractivity contribution >= 4 is 15.9 Å². The number of benzene rings is 2. The van der Waals surface area contributed by atoms with E-state index in [1.165, 1.54) is 25.1 Å². The first kappa shape index (κ1) is 18.2. The standard InChI is InChI=1S/C18H19NO6S/c1-13(25-12-14-5-3-2-4-6-14)18(20)19-26(21,22)15-7-8-16-17(11-15)24-10-9-23-16/h2-8,11,13H,9-10,12H2,1H3,(H,19,20)/t13-/m0/s1. The van der Waals surface area contributed by atoms with E-state index in [1.807, 2.05) is 35.1 Å². The summed E-state index contributed by atoms with van der Waals surface area (Å²) in [6, 6.07) is 13.5. The summed E-state index contributed by atoms with van der Waals surface area (Å²) >= 11 is 0. The van der Waals surface area contributed by atoms with Gasteiger partial charge >= 0.3 is 0 Å². The first-order chi connectivity index (χ1) is 12.5. The van der Waals surface area contributed by atoms with Crippen molar-refractivity contribution in [2.45, 2.75) is 24.5 Å². The molecule has 7 nitrogen and oxygen atoms in total. The molecule has 1 aliphatic rings. The zero-order valence-electron chi connectivity index (χ0n) is 14.2. The molecule has 1 amide bonds. The van der Waals surface area contributed by atoms with Gasteiger partial charge in [-0.25, -0.2) is 13.1 Å². The van der Waals surface area contributed by atoms with Gasteiger partial charge in [0.2, 0.25) is 0 Å². The number of sulfonamides is 1. The Labute approximate surface area is 151 Å². The molecule has 8 heteroatoms. The van der Waals surface area contributed by atoms with E-state index >= 15 is 0 Å². The van der Waals surface area contributed by atoms with Gasteiger partial charge in [-0.2, -0.15) is 0 Å². The highest BCUT2D eigenvalue weighted by molar-refractivity contribution is 7.90. The Morgan fingerprint density at radius 2 is 1.81 bits per heavy atom. The molecule has 0 unspecified atom stereocenters. The molecule has 1 N–H and O–H groups in total. The van der Waals surface area contributed by atoms with Crippen LogP contribution >= 0.6 is 0 Å². The van der Waals surface area contributed by atoms with Gasteiger partial charge in [-0.05, 0) is 24.6 Å². The summed E-state index contributed by atoms with van der Waals surface area (Å²) in [7, 11) is -4.04. The zero-order valence-corrected chi connectivity index (χ0v) is 15.0. The SMILES string of the molecule is C[C@H](OCc1ccccc1)C(=O)NS(=O)(=O)c1ccc2c(c1)OCCO2. The van der Waals surface area contributed by atoms with Crippen molar-refractivity contribution in [2.24, 2.45) is 0 Å². The van der Waals surface area contributed by atoms with Gasteiger partial charge in [-0.15, -0.1) is 0 Å². The highest BCUT2D eigenvalue weighted by Crippen LogP contribution is 2.32. The topological polar surface area (TPSA) is 90.9 Å². The fourth-order valence-electron chi connectivity index (χ4n) is 2.34. The molecule has 1 aliphatic heterocycles. The predicted molar refractivity (Wildman–Crippen MR) is 93.5 cm³/mol. The molecule has 0 bridgehead atoms. The lowest BCUT2D eigenvalue weighted by molar-refractivity contribution is -0.130. The number of hydrogen-bond acceptors (Lipinski definition) is 6. The quantitative estimate of drug-likeness (QED) is 0.826. The van der Waals surface area contributed by atoms with Gasteiger partial charge in [0.1, 0.15) is 19.3 Å². The van der Waals surface area contributed by atoms with Crippen molar-refractivity contribution in [1.82, 2.24) is 4.72 Å². The van der Waals surface area contributed by atoms with Gasteiger partial charge in [0.25, 0.3) is 15.9 Å². The minimum Gasteiger partial charge on any atom is -0.486 e. The Hall–Kier alpha value is -2.58. The smallest absolute Gasteiger partial charge is 0.264 e. The average molecular weight is 377 g/mol. The third-order valence-electron chi connectivity index (χ3n) is 3.77. The number of amides is 1. The summed E-state index contributed by atoms with van der Waals surface area (Å²) < 4.78 is 43.0. The average Bonchev–Trinajstić information content (AvgIpc) is 2.66. The largest absolute Gasteiger partial charge is 0.486 e. The molecule has 1 heterocycles. The van der Waals surface area contributed by atoms with E-state index in [0.29, 0.717) is 24.7 Å². The number of ether oxygens (including phenoxy) is 3. The first-order valence-electron chi connectivity index (χ1n) is 8.07. The van der Waals surface area contributed by atoms with Crippen LogP contribution in [0.2, 0.25) is 0 Å². The normalized spacial score (nSPS) is 14.5. The van der Waals surface area contributed by atoms with E-state index in [1.54, 1.807) is 0 Å². The van der Waals surface area contributed by atoms with Crippen LogP contribution in [0.4, 0.5) is 0 Å². The molecule has 0 aliphatic carbocycles. The zero-order chi connectivity index (χ0) is 18.6. The van der Waals surface area contributed by atoms with Crippen molar-refractivity contribution in [2.75, 3.05) is 13.2 Å². The first-order valence-corrected chi connectivity index (χ1v) is 9.56. The molecule has 2 aromatic rings. The molecule has 0 aromatic heterocycles. The minimum atomic E-state index is -4.04. The number of fused-ring (bicyclic) bond motifs is 1. The molecule has 138 valence electrons. The Bertz CT molecular complexity index is 882. The number of rotatable bonds is 6. The van der Waals surface area contributed by atoms with Crippen molar-refractivity contribution in [3.63, 3.8) is 0 Å². The van der Waals surface area contributed by atoms with Crippen LogP contribution < -0.4 is 14.2 Å². The summed E-state index contributed by atoms with van der Waals surface area (Å²) in [6.07, 6.45) is -0.929.